The fraction of sp³-hybridized carbons (Fsp3) is 0.750. The first-order chi connectivity index (χ1) is 9.44. The van der Waals surface area contributed by atoms with E-state index in [2.05, 4.69) is 25.6 Å². The quantitative estimate of drug-likeness (QED) is 0.691. The summed E-state index contributed by atoms with van der Waals surface area (Å²) < 4.78 is 5.40. The largest absolute Gasteiger partial charge is 0.385 e. The fourth-order valence-corrected chi connectivity index (χ4v) is 1.99. The van der Waals surface area contributed by atoms with Gasteiger partial charge < -0.3 is 25.4 Å². The van der Waals surface area contributed by atoms with Crippen molar-refractivity contribution >= 4 is 17.8 Å². The lowest BCUT2D eigenvalue weighted by Crippen LogP contribution is -2.43. The van der Waals surface area contributed by atoms with Gasteiger partial charge in [0.25, 0.3) is 0 Å². The predicted molar refractivity (Wildman–Crippen MR) is 77.2 cm³/mol. The van der Waals surface area contributed by atoms with Crippen LogP contribution in [0.3, 0.4) is 0 Å². The van der Waals surface area contributed by atoms with Crippen molar-refractivity contribution in [3.63, 3.8) is 0 Å². The Bertz CT molecular complexity index is 469. The second kappa shape index (κ2) is 5.76. The fourth-order valence-electron chi connectivity index (χ4n) is 1.99. The Labute approximate surface area is 118 Å². The molecule has 0 aliphatic carbocycles. The minimum Gasteiger partial charge on any atom is -0.385 e. The molecular formula is C12H22N6O2. The minimum atomic E-state index is -0.884. The number of hydrogen-bond acceptors (Lipinski definition) is 8. The van der Waals surface area contributed by atoms with Crippen molar-refractivity contribution in [2.45, 2.75) is 25.0 Å². The molecule has 2 rings (SSSR count). The van der Waals surface area contributed by atoms with Crippen LogP contribution in [0.5, 0.6) is 0 Å². The normalized spacial score (nSPS) is 25.6. The van der Waals surface area contributed by atoms with Crippen LogP contribution in [-0.2, 0) is 4.74 Å². The Morgan fingerprint density at radius 1 is 1.35 bits per heavy atom. The molecular weight excluding hydrogens is 260 g/mol. The van der Waals surface area contributed by atoms with Gasteiger partial charge in [-0.05, 0) is 6.92 Å². The standard InChI is InChI=1S/C12H22N6O2/c1-8-12(19,5-6-20-8)7-14-10-15-9(13-2)16-11(17-10)18(3)4/h8,19H,5-7H2,1-4H3,(H2,13,14,15,16,17). The van der Waals surface area contributed by atoms with Crippen LogP contribution in [0.4, 0.5) is 17.8 Å². The van der Waals surface area contributed by atoms with E-state index in [0.29, 0.717) is 37.4 Å². The third-order valence-electron chi connectivity index (χ3n) is 3.46. The van der Waals surface area contributed by atoms with Gasteiger partial charge in [-0.25, -0.2) is 0 Å². The highest BCUT2D eigenvalue weighted by Gasteiger charge is 2.39. The number of aliphatic hydroxyl groups is 1. The zero-order valence-electron chi connectivity index (χ0n) is 12.3. The van der Waals surface area contributed by atoms with E-state index in [0.717, 1.165) is 0 Å². The molecule has 8 heteroatoms. The summed E-state index contributed by atoms with van der Waals surface area (Å²) in [5, 5.41) is 16.4. The molecule has 1 aromatic rings. The van der Waals surface area contributed by atoms with E-state index in [4.69, 9.17) is 4.74 Å². The van der Waals surface area contributed by atoms with E-state index in [1.54, 1.807) is 11.9 Å². The average Bonchev–Trinajstić information content (AvgIpc) is 2.76. The molecule has 2 atom stereocenters. The molecule has 112 valence electrons. The van der Waals surface area contributed by atoms with Gasteiger partial charge in [-0.1, -0.05) is 0 Å². The molecule has 0 radical (unpaired) electrons. The lowest BCUT2D eigenvalue weighted by Gasteiger charge is -2.26. The third-order valence-corrected chi connectivity index (χ3v) is 3.46. The zero-order chi connectivity index (χ0) is 14.8. The number of aromatic nitrogens is 3. The highest BCUT2D eigenvalue weighted by molar-refractivity contribution is 5.42. The number of hydrogen-bond donors (Lipinski definition) is 3. The van der Waals surface area contributed by atoms with Crippen LogP contribution in [-0.4, -0.2) is 66.1 Å². The highest BCUT2D eigenvalue weighted by atomic mass is 16.5. The number of rotatable bonds is 5. The second-order valence-electron chi connectivity index (χ2n) is 5.15. The molecule has 1 aliphatic rings. The third kappa shape index (κ3) is 3.07. The Balaban J connectivity index is 2.11. The van der Waals surface area contributed by atoms with Gasteiger partial charge in [0.05, 0.1) is 6.10 Å². The Hall–Kier alpha value is -1.67. The summed E-state index contributed by atoms with van der Waals surface area (Å²) in [6, 6.07) is 0. The number of nitrogens with one attached hydrogen (secondary N) is 2. The predicted octanol–water partition coefficient (Wildman–Crippen LogP) is -0.0689. The van der Waals surface area contributed by atoms with E-state index in [1.807, 2.05) is 21.0 Å². The van der Waals surface area contributed by atoms with Gasteiger partial charge >= 0.3 is 0 Å². The van der Waals surface area contributed by atoms with Crippen LogP contribution in [0.1, 0.15) is 13.3 Å². The van der Waals surface area contributed by atoms with Crippen LogP contribution in [0.25, 0.3) is 0 Å². The van der Waals surface area contributed by atoms with Crippen molar-refractivity contribution in [2.24, 2.45) is 0 Å². The summed E-state index contributed by atoms with van der Waals surface area (Å²) in [7, 11) is 5.47. The number of nitrogens with zero attached hydrogens (tertiary/aromatic N) is 4. The smallest absolute Gasteiger partial charge is 0.231 e. The van der Waals surface area contributed by atoms with Crippen molar-refractivity contribution in [1.29, 1.82) is 0 Å². The van der Waals surface area contributed by atoms with Gasteiger partial charge in [-0.3, -0.25) is 0 Å². The van der Waals surface area contributed by atoms with Gasteiger partial charge in [0.15, 0.2) is 0 Å². The second-order valence-corrected chi connectivity index (χ2v) is 5.15. The highest BCUT2D eigenvalue weighted by Crippen LogP contribution is 2.25. The first-order valence-electron chi connectivity index (χ1n) is 6.63. The monoisotopic (exact) mass is 282 g/mol. The zero-order valence-corrected chi connectivity index (χ0v) is 12.3. The SMILES string of the molecule is CNc1nc(NCC2(O)CCOC2C)nc(N(C)C)n1. The molecule has 1 aliphatic heterocycles. The van der Waals surface area contributed by atoms with Gasteiger partial charge in [-0.15, -0.1) is 0 Å². The summed E-state index contributed by atoms with van der Waals surface area (Å²) in [6.07, 6.45) is 0.403. The van der Waals surface area contributed by atoms with Crippen LogP contribution in [0.15, 0.2) is 0 Å². The number of anilines is 3. The van der Waals surface area contributed by atoms with Gasteiger partial charge in [0.2, 0.25) is 17.8 Å². The molecule has 20 heavy (non-hydrogen) atoms. The molecule has 2 heterocycles. The molecule has 2 unspecified atom stereocenters. The Morgan fingerprint density at radius 3 is 2.60 bits per heavy atom. The maximum atomic E-state index is 10.4. The van der Waals surface area contributed by atoms with Gasteiger partial charge in [-0.2, -0.15) is 15.0 Å². The van der Waals surface area contributed by atoms with E-state index in [-0.39, 0.29) is 6.10 Å². The molecule has 0 spiro atoms. The van der Waals surface area contributed by atoms with E-state index >= 15 is 0 Å². The number of ether oxygens (including phenoxy) is 1. The Kier molecular flexibility index (Phi) is 4.24. The van der Waals surface area contributed by atoms with Crippen molar-refractivity contribution in [3.8, 4) is 0 Å². The van der Waals surface area contributed by atoms with Gasteiger partial charge in [0, 0.05) is 40.7 Å². The lowest BCUT2D eigenvalue weighted by atomic mass is 9.97. The summed E-state index contributed by atoms with van der Waals surface area (Å²) in [6.45, 7) is 2.78. The maximum absolute atomic E-state index is 10.4. The van der Waals surface area contributed by atoms with Crippen LogP contribution >= 0.6 is 0 Å². The van der Waals surface area contributed by atoms with E-state index in [1.165, 1.54) is 0 Å². The first kappa shape index (κ1) is 14.7. The lowest BCUT2D eigenvalue weighted by molar-refractivity contribution is -0.0176. The van der Waals surface area contributed by atoms with Crippen molar-refractivity contribution in [1.82, 2.24) is 15.0 Å². The molecule has 0 bridgehead atoms. The summed E-state index contributed by atoms with van der Waals surface area (Å²) in [5.74, 6) is 1.46. The Morgan fingerprint density at radius 2 is 2.05 bits per heavy atom. The molecule has 0 saturated carbocycles. The van der Waals surface area contributed by atoms with Crippen molar-refractivity contribution in [3.05, 3.63) is 0 Å². The molecule has 8 nitrogen and oxygen atoms in total. The summed E-state index contributed by atoms with van der Waals surface area (Å²) >= 11 is 0. The van der Waals surface area contributed by atoms with Gasteiger partial charge in [0.1, 0.15) is 5.60 Å². The molecule has 1 aromatic heterocycles. The van der Waals surface area contributed by atoms with E-state index in [9.17, 15) is 5.11 Å². The molecule has 0 aromatic carbocycles. The molecule has 3 N–H and O–H groups in total. The van der Waals surface area contributed by atoms with Crippen LogP contribution < -0.4 is 15.5 Å². The average molecular weight is 282 g/mol. The van der Waals surface area contributed by atoms with Crippen LogP contribution in [0, 0.1) is 0 Å². The summed E-state index contributed by atoms with van der Waals surface area (Å²) in [5.41, 5.74) is -0.884. The van der Waals surface area contributed by atoms with Crippen LogP contribution in [0.2, 0.25) is 0 Å². The molecule has 0 amide bonds. The topological polar surface area (TPSA) is 95.4 Å². The van der Waals surface area contributed by atoms with Crippen molar-refractivity contribution in [2.75, 3.05) is 49.8 Å². The first-order valence-corrected chi connectivity index (χ1v) is 6.63. The molecule has 1 fully saturated rings. The minimum absolute atomic E-state index is 0.200. The summed E-state index contributed by atoms with van der Waals surface area (Å²) in [4.78, 5) is 14.6. The van der Waals surface area contributed by atoms with Crippen molar-refractivity contribution < 1.29 is 9.84 Å². The van der Waals surface area contributed by atoms with E-state index < -0.39 is 5.60 Å². The maximum Gasteiger partial charge on any atom is 0.231 e. The molecule has 1 saturated heterocycles.